The molecule has 0 aliphatic heterocycles. The smallest absolute Gasteiger partial charge is 0.252 e. The molecule has 1 aliphatic carbocycles. The van der Waals surface area contributed by atoms with Gasteiger partial charge in [-0.05, 0) is 37.9 Å². The van der Waals surface area contributed by atoms with Gasteiger partial charge in [0.05, 0.1) is 23.0 Å². The number of nitrogens with zero attached hydrogens (tertiary/aromatic N) is 2. The molecular formula is C24H31N5O. The maximum Gasteiger partial charge on any atom is 0.252 e. The quantitative estimate of drug-likeness (QED) is 0.577. The number of hydrogen-bond donors (Lipinski definition) is 3. The first kappa shape index (κ1) is 20.4. The number of amides is 1. The summed E-state index contributed by atoms with van der Waals surface area (Å²) in [5.74, 6) is -0.472. The number of anilines is 1. The van der Waals surface area contributed by atoms with Crippen LogP contribution in [0.4, 0.5) is 5.69 Å². The van der Waals surface area contributed by atoms with E-state index in [1.165, 1.54) is 0 Å². The lowest BCUT2D eigenvalue weighted by Gasteiger charge is -2.43. The van der Waals surface area contributed by atoms with Crippen molar-refractivity contribution in [3.63, 3.8) is 0 Å². The van der Waals surface area contributed by atoms with Crippen LogP contribution in [-0.2, 0) is 0 Å². The first-order valence-electron chi connectivity index (χ1n) is 10.6. The van der Waals surface area contributed by atoms with Gasteiger partial charge in [0.1, 0.15) is 0 Å². The van der Waals surface area contributed by atoms with Crippen molar-refractivity contribution in [2.24, 2.45) is 11.1 Å². The molecule has 158 valence electrons. The monoisotopic (exact) mass is 405 g/mol. The first-order chi connectivity index (χ1) is 14.3. The Morgan fingerprint density at radius 3 is 2.63 bits per heavy atom. The van der Waals surface area contributed by atoms with Gasteiger partial charge in [-0.2, -0.15) is 5.10 Å². The normalized spacial score (nSPS) is 23.0. The van der Waals surface area contributed by atoms with Crippen LogP contribution in [-0.4, -0.2) is 33.6 Å². The molecular weight excluding hydrogens is 374 g/mol. The van der Waals surface area contributed by atoms with E-state index in [0.29, 0.717) is 5.56 Å². The summed E-state index contributed by atoms with van der Waals surface area (Å²) in [5.41, 5.74) is 9.93. The van der Waals surface area contributed by atoms with E-state index in [4.69, 9.17) is 5.73 Å². The van der Waals surface area contributed by atoms with E-state index >= 15 is 0 Å². The average molecular weight is 406 g/mol. The second-order valence-corrected chi connectivity index (χ2v) is 9.04. The van der Waals surface area contributed by atoms with Crippen molar-refractivity contribution in [2.45, 2.75) is 52.1 Å². The van der Waals surface area contributed by atoms with Crippen LogP contribution in [0.1, 0.15) is 50.9 Å². The summed E-state index contributed by atoms with van der Waals surface area (Å²) in [7, 11) is 0. The van der Waals surface area contributed by atoms with Crippen molar-refractivity contribution in [2.75, 3.05) is 11.9 Å². The van der Waals surface area contributed by atoms with Crippen LogP contribution in [0, 0.1) is 5.41 Å². The van der Waals surface area contributed by atoms with Crippen LogP contribution in [0.25, 0.3) is 16.6 Å². The van der Waals surface area contributed by atoms with Crippen molar-refractivity contribution in [1.82, 2.24) is 14.9 Å². The molecule has 6 heteroatoms. The van der Waals surface area contributed by atoms with Crippen molar-refractivity contribution in [3.8, 4) is 11.1 Å². The maximum absolute atomic E-state index is 12.2. The van der Waals surface area contributed by atoms with Gasteiger partial charge < -0.3 is 16.4 Å². The highest BCUT2D eigenvalue weighted by molar-refractivity contribution is 6.02. The molecule has 2 atom stereocenters. The Bertz CT molecular complexity index is 1070. The summed E-state index contributed by atoms with van der Waals surface area (Å²) in [5, 5.41) is 11.8. The Kier molecular flexibility index (Phi) is 5.06. The number of nitrogens with one attached hydrogen (secondary N) is 2. The third-order valence-electron chi connectivity index (χ3n) is 7.12. The molecule has 1 fully saturated rings. The predicted molar refractivity (Wildman–Crippen MR) is 122 cm³/mol. The summed E-state index contributed by atoms with van der Waals surface area (Å²) in [6.07, 6.45) is 5.63. The third-order valence-corrected chi connectivity index (χ3v) is 7.12. The van der Waals surface area contributed by atoms with Gasteiger partial charge in [0.25, 0.3) is 5.91 Å². The molecule has 0 bridgehead atoms. The molecule has 30 heavy (non-hydrogen) atoms. The first-order valence-corrected chi connectivity index (χ1v) is 10.6. The van der Waals surface area contributed by atoms with Crippen LogP contribution < -0.4 is 16.4 Å². The van der Waals surface area contributed by atoms with E-state index in [9.17, 15) is 4.79 Å². The Balaban J connectivity index is 1.78. The summed E-state index contributed by atoms with van der Waals surface area (Å²) >= 11 is 0. The fourth-order valence-electron chi connectivity index (χ4n) is 4.82. The second kappa shape index (κ2) is 7.43. The molecule has 1 aromatic carbocycles. The summed E-state index contributed by atoms with van der Waals surface area (Å²) in [4.78, 5) is 12.2. The number of carbonyl (C=O) groups excluding carboxylic acids is 1. The van der Waals surface area contributed by atoms with E-state index < -0.39 is 5.91 Å². The zero-order valence-corrected chi connectivity index (χ0v) is 18.2. The largest absolute Gasteiger partial charge is 0.379 e. The highest BCUT2D eigenvalue weighted by Crippen LogP contribution is 2.47. The number of benzene rings is 1. The van der Waals surface area contributed by atoms with E-state index in [0.717, 1.165) is 41.7 Å². The van der Waals surface area contributed by atoms with E-state index in [-0.39, 0.29) is 17.0 Å². The highest BCUT2D eigenvalue weighted by atomic mass is 16.1. The van der Waals surface area contributed by atoms with E-state index in [2.05, 4.69) is 61.6 Å². The standard InChI is InChI=1S/C24H31N5O/c1-5-26-24(4)12-11-20(23(24,2)3)28-21-18(22(25)30)14-27-29-15-17(13-19(21)29)16-9-7-6-8-10-16/h6-10,13-15,20,26,28H,5,11-12H2,1-4H3,(H2,25,30). The van der Waals surface area contributed by atoms with Crippen LogP contribution in [0.2, 0.25) is 0 Å². The molecule has 1 aliphatic rings. The van der Waals surface area contributed by atoms with E-state index in [1.807, 2.05) is 28.9 Å². The zero-order chi connectivity index (χ0) is 21.5. The molecule has 3 aromatic rings. The third kappa shape index (κ3) is 3.25. The minimum Gasteiger partial charge on any atom is -0.379 e. The zero-order valence-electron chi connectivity index (χ0n) is 18.2. The predicted octanol–water partition coefficient (Wildman–Crippen LogP) is 4.07. The molecule has 1 saturated carbocycles. The summed E-state index contributed by atoms with van der Waals surface area (Å²) in [6.45, 7) is 9.94. The van der Waals surface area contributed by atoms with Crippen LogP contribution in [0.15, 0.2) is 48.8 Å². The van der Waals surface area contributed by atoms with Gasteiger partial charge in [0, 0.05) is 28.8 Å². The maximum atomic E-state index is 12.2. The van der Waals surface area contributed by atoms with Gasteiger partial charge in [-0.1, -0.05) is 51.1 Å². The number of fused-ring (bicyclic) bond motifs is 1. The molecule has 0 spiro atoms. The minimum absolute atomic E-state index is 0.0206. The fourth-order valence-corrected chi connectivity index (χ4v) is 4.82. The second-order valence-electron chi connectivity index (χ2n) is 9.04. The van der Waals surface area contributed by atoms with Crippen LogP contribution in [0.5, 0.6) is 0 Å². The SMILES string of the molecule is CCNC1(C)CCC(Nc2c(C(N)=O)cnn3cc(-c4ccccc4)cc23)C1(C)C. The average Bonchev–Trinajstić information content (AvgIpc) is 3.24. The van der Waals surface area contributed by atoms with Crippen molar-refractivity contribution < 1.29 is 4.79 Å². The van der Waals surface area contributed by atoms with Crippen molar-refractivity contribution in [1.29, 1.82) is 0 Å². The molecule has 2 unspecified atom stereocenters. The van der Waals surface area contributed by atoms with Gasteiger partial charge in [0.15, 0.2) is 0 Å². The van der Waals surface area contributed by atoms with E-state index in [1.54, 1.807) is 6.20 Å². The van der Waals surface area contributed by atoms with Gasteiger partial charge in [-0.15, -0.1) is 0 Å². The Morgan fingerprint density at radius 2 is 1.97 bits per heavy atom. The van der Waals surface area contributed by atoms with Crippen LogP contribution >= 0.6 is 0 Å². The molecule has 4 rings (SSSR count). The molecule has 6 nitrogen and oxygen atoms in total. The molecule has 0 saturated heterocycles. The molecule has 2 aromatic heterocycles. The lowest BCUT2D eigenvalue weighted by molar-refractivity contribution is 0.100. The summed E-state index contributed by atoms with van der Waals surface area (Å²) in [6, 6.07) is 12.4. The number of nitrogens with two attached hydrogens (primary N) is 1. The van der Waals surface area contributed by atoms with Gasteiger partial charge >= 0.3 is 0 Å². The number of hydrogen-bond acceptors (Lipinski definition) is 4. The number of carbonyl (C=O) groups is 1. The molecule has 4 N–H and O–H groups in total. The number of primary amides is 1. The summed E-state index contributed by atoms with van der Waals surface area (Å²) < 4.78 is 1.82. The minimum atomic E-state index is -0.472. The number of aromatic nitrogens is 2. The lowest BCUT2D eigenvalue weighted by atomic mass is 9.74. The molecule has 2 heterocycles. The van der Waals surface area contributed by atoms with Gasteiger partial charge in [0.2, 0.25) is 0 Å². The van der Waals surface area contributed by atoms with Crippen molar-refractivity contribution in [3.05, 3.63) is 54.4 Å². The molecule has 1 amide bonds. The lowest BCUT2D eigenvalue weighted by Crippen LogP contribution is -2.54. The number of rotatable bonds is 6. The Hall–Kier alpha value is -2.86. The van der Waals surface area contributed by atoms with Crippen LogP contribution in [0.3, 0.4) is 0 Å². The Morgan fingerprint density at radius 1 is 1.23 bits per heavy atom. The highest BCUT2D eigenvalue weighted by Gasteiger charge is 2.51. The van der Waals surface area contributed by atoms with Gasteiger partial charge in [-0.3, -0.25) is 4.79 Å². The Labute approximate surface area is 177 Å². The fraction of sp³-hybridized carbons (Fsp3) is 0.417. The van der Waals surface area contributed by atoms with Gasteiger partial charge in [-0.25, -0.2) is 4.52 Å². The molecule has 0 radical (unpaired) electrons. The van der Waals surface area contributed by atoms with Crippen molar-refractivity contribution >= 4 is 17.1 Å². The topological polar surface area (TPSA) is 84.5 Å².